The Hall–Kier alpha value is -3.67. The lowest BCUT2D eigenvalue weighted by atomic mass is 10.2. The van der Waals surface area contributed by atoms with Gasteiger partial charge < -0.3 is 16.0 Å². The van der Waals surface area contributed by atoms with Gasteiger partial charge in [-0.3, -0.25) is 14.2 Å². The molecular formula is C22H22ClN5O5S. The van der Waals surface area contributed by atoms with E-state index in [1.807, 2.05) is 0 Å². The molecule has 4 N–H and O–H groups in total. The first kappa shape index (κ1) is 25.0. The van der Waals surface area contributed by atoms with Crippen molar-refractivity contribution >= 4 is 44.9 Å². The molecule has 1 heterocycles. The van der Waals surface area contributed by atoms with Crippen LogP contribution in [0.5, 0.6) is 0 Å². The van der Waals surface area contributed by atoms with Crippen molar-refractivity contribution in [3.8, 4) is 5.69 Å². The van der Waals surface area contributed by atoms with E-state index in [-0.39, 0.29) is 12.1 Å². The first-order chi connectivity index (χ1) is 16.1. The average molecular weight is 504 g/mol. The number of aromatic nitrogens is 1. The molecule has 0 fully saturated rings. The number of anilines is 2. The van der Waals surface area contributed by atoms with Crippen LogP contribution in [0.15, 0.2) is 77.7 Å². The Kier molecular flexibility index (Phi) is 8.05. The summed E-state index contributed by atoms with van der Waals surface area (Å²) in [6, 6.07) is 15.6. The van der Waals surface area contributed by atoms with Crippen LogP contribution in [0, 0.1) is 0 Å². The van der Waals surface area contributed by atoms with Gasteiger partial charge in [-0.15, -0.1) is 0 Å². The lowest BCUT2D eigenvalue weighted by Crippen LogP contribution is -2.51. The second-order valence-electron chi connectivity index (χ2n) is 7.22. The van der Waals surface area contributed by atoms with Crippen LogP contribution in [0.25, 0.3) is 5.69 Å². The lowest BCUT2D eigenvalue weighted by Gasteiger charge is -2.19. The van der Waals surface area contributed by atoms with Gasteiger partial charge in [0.25, 0.3) is 5.56 Å². The quantitative estimate of drug-likeness (QED) is 0.373. The van der Waals surface area contributed by atoms with E-state index in [4.69, 9.17) is 11.6 Å². The lowest BCUT2D eigenvalue weighted by molar-refractivity contribution is -0.117. The highest BCUT2D eigenvalue weighted by Gasteiger charge is 2.22. The standard InChI is InChI=1S/C22H22ClN5O5S/c1-34(32,33)24-14-19(27-22(31)26-17-7-5-15(23)6-8-17)21(30)25-16-9-11-18(12-10-16)28-13-3-2-4-20(28)29/h2-13,19,24H,14H2,1H3,(H,25,30)(H2,26,27,31)/t19-/m1/s1. The predicted octanol–water partition coefficient (Wildman–Crippen LogP) is 2.17. The third-order valence-corrected chi connectivity index (χ3v) is 5.45. The number of rotatable bonds is 8. The van der Waals surface area contributed by atoms with E-state index in [0.717, 1.165) is 6.26 Å². The maximum Gasteiger partial charge on any atom is 0.319 e. The molecule has 0 aliphatic rings. The van der Waals surface area contributed by atoms with Crippen LogP contribution in [-0.4, -0.2) is 43.8 Å². The number of nitrogens with one attached hydrogen (secondary N) is 4. The third-order valence-electron chi connectivity index (χ3n) is 4.51. The van der Waals surface area contributed by atoms with Crippen LogP contribution in [0.2, 0.25) is 5.02 Å². The summed E-state index contributed by atoms with van der Waals surface area (Å²) in [5.41, 5.74) is 1.22. The van der Waals surface area contributed by atoms with E-state index in [1.54, 1.807) is 66.9 Å². The molecule has 3 amide bonds. The van der Waals surface area contributed by atoms with Crippen molar-refractivity contribution < 1.29 is 18.0 Å². The summed E-state index contributed by atoms with van der Waals surface area (Å²) in [4.78, 5) is 37.1. The first-order valence-corrected chi connectivity index (χ1v) is 12.2. The molecule has 0 saturated heterocycles. The second kappa shape index (κ2) is 11.0. The average Bonchev–Trinajstić information content (AvgIpc) is 2.78. The number of benzene rings is 2. The summed E-state index contributed by atoms with van der Waals surface area (Å²) in [5, 5.41) is 8.11. The zero-order valence-corrected chi connectivity index (χ0v) is 19.6. The van der Waals surface area contributed by atoms with Crippen molar-refractivity contribution in [2.24, 2.45) is 0 Å². The van der Waals surface area contributed by atoms with E-state index in [1.165, 1.54) is 10.6 Å². The molecule has 178 valence electrons. The van der Waals surface area contributed by atoms with E-state index in [2.05, 4.69) is 20.7 Å². The number of amides is 3. The fraction of sp³-hybridized carbons (Fsp3) is 0.136. The summed E-state index contributed by atoms with van der Waals surface area (Å²) in [7, 11) is -3.61. The van der Waals surface area contributed by atoms with Crippen molar-refractivity contribution in [2.45, 2.75) is 6.04 Å². The van der Waals surface area contributed by atoms with Crippen molar-refractivity contribution in [1.29, 1.82) is 0 Å². The number of urea groups is 1. The Morgan fingerprint density at radius 1 is 0.941 bits per heavy atom. The number of carbonyl (C=O) groups is 2. The highest BCUT2D eigenvalue weighted by Crippen LogP contribution is 2.14. The molecule has 0 unspecified atom stereocenters. The van der Waals surface area contributed by atoms with Crippen molar-refractivity contribution in [3.05, 3.63) is 88.3 Å². The summed E-state index contributed by atoms with van der Waals surface area (Å²) in [6.07, 6.45) is 2.56. The van der Waals surface area contributed by atoms with Crippen LogP contribution in [0.4, 0.5) is 16.2 Å². The molecule has 12 heteroatoms. The van der Waals surface area contributed by atoms with Crippen molar-refractivity contribution in [2.75, 3.05) is 23.4 Å². The molecule has 0 radical (unpaired) electrons. The maximum atomic E-state index is 12.8. The molecule has 0 aliphatic heterocycles. The Morgan fingerprint density at radius 2 is 1.56 bits per heavy atom. The van der Waals surface area contributed by atoms with Crippen LogP contribution >= 0.6 is 11.6 Å². The Labute approximate surface area is 201 Å². The van der Waals surface area contributed by atoms with E-state index in [9.17, 15) is 22.8 Å². The zero-order valence-electron chi connectivity index (χ0n) is 18.0. The van der Waals surface area contributed by atoms with Crippen molar-refractivity contribution in [3.63, 3.8) is 0 Å². The molecule has 1 aromatic heterocycles. The minimum Gasteiger partial charge on any atom is -0.325 e. The van der Waals surface area contributed by atoms with Gasteiger partial charge >= 0.3 is 6.03 Å². The third kappa shape index (κ3) is 7.44. The van der Waals surface area contributed by atoms with Gasteiger partial charge in [-0.1, -0.05) is 17.7 Å². The number of halogens is 1. The monoisotopic (exact) mass is 503 g/mol. The van der Waals surface area contributed by atoms with Gasteiger partial charge in [0, 0.05) is 40.9 Å². The second-order valence-corrected chi connectivity index (χ2v) is 9.49. The first-order valence-electron chi connectivity index (χ1n) is 9.97. The minimum absolute atomic E-state index is 0.206. The fourth-order valence-electron chi connectivity index (χ4n) is 2.88. The molecule has 1 atom stereocenters. The van der Waals surface area contributed by atoms with Gasteiger partial charge in [-0.2, -0.15) is 0 Å². The van der Waals surface area contributed by atoms with Crippen LogP contribution < -0.4 is 26.2 Å². The molecule has 34 heavy (non-hydrogen) atoms. The number of sulfonamides is 1. The molecule has 10 nitrogen and oxygen atoms in total. The highest BCUT2D eigenvalue weighted by molar-refractivity contribution is 7.88. The number of pyridine rings is 1. The molecular weight excluding hydrogens is 482 g/mol. The molecule has 0 aliphatic carbocycles. The van der Waals surface area contributed by atoms with Gasteiger partial charge in [0.15, 0.2) is 0 Å². The minimum atomic E-state index is -3.61. The highest BCUT2D eigenvalue weighted by atomic mass is 35.5. The topological polar surface area (TPSA) is 138 Å². The molecule has 0 spiro atoms. The van der Waals surface area contributed by atoms with Gasteiger partial charge in [-0.05, 0) is 54.6 Å². The van der Waals surface area contributed by atoms with Gasteiger partial charge in [-0.25, -0.2) is 17.9 Å². The summed E-state index contributed by atoms with van der Waals surface area (Å²) < 4.78 is 26.7. The summed E-state index contributed by atoms with van der Waals surface area (Å²) in [5.74, 6) is -0.646. The Bertz CT molecular complexity index is 1320. The van der Waals surface area contributed by atoms with Gasteiger partial charge in [0.1, 0.15) is 6.04 Å². The normalized spacial score (nSPS) is 11.9. The SMILES string of the molecule is CS(=O)(=O)NC[C@@H](NC(=O)Nc1ccc(Cl)cc1)C(=O)Nc1ccc(-n2ccccc2=O)cc1. The van der Waals surface area contributed by atoms with Crippen LogP contribution in [0.1, 0.15) is 0 Å². The number of carbonyl (C=O) groups excluding carboxylic acids is 2. The molecule has 3 rings (SSSR count). The fourth-order valence-corrected chi connectivity index (χ4v) is 3.47. The molecule has 0 bridgehead atoms. The van der Waals surface area contributed by atoms with E-state index in [0.29, 0.717) is 22.1 Å². The molecule has 2 aromatic carbocycles. The van der Waals surface area contributed by atoms with Crippen molar-refractivity contribution in [1.82, 2.24) is 14.6 Å². The van der Waals surface area contributed by atoms with Crippen LogP contribution in [0.3, 0.4) is 0 Å². The smallest absolute Gasteiger partial charge is 0.319 e. The molecule has 3 aromatic rings. The van der Waals surface area contributed by atoms with Gasteiger partial charge in [0.05, 0.1) is 6.26 Å². The van der Waals surface area contributed by atoms with E-state index < -0.39 is 28.0 Å². The number of hydrogen-bond donors (Lipinski definition) is 4. The summed E-state index contributed by atoms with van der Waals surface area (Å²) >= 11 is 5.82. The number of hydrogen-bond acceptors (Lipinski definition) is 5. The summed E-state index contributed by atoms with van der Waals surface area (Å²) in [6.45, 7) is -0.365. The van der Waals surface area contributed by atoms with Gasteiger partial charge in [0.2, 0.25) is 15.9 Å². The zero-order chi connectivity index (χ0) is 24.7. The Morgan fingerprint density at radius 3 is 2.18 bits per heavy atom. The number of nitrogens with zero attached hydrogens (tertiary/aromatic N) is 1. The predicted molar refractivity (Wildman–Crippen MR) is 131 cm³/mol. The Balaban J connectivity index is 1.70. The van der Waals surface area contributed by atoms with E-state index >= 15 is 0 Å². The largest absolute Gasteiger partial charge is 0.325 e. The van der Waals surface area contributed by atoms with Crippen LogP contribution in [-0.2, 0) is 14.8 Å². The maximum absolute atomic E-state index is 12.8. The molecule has 0 saturated carbocycles.